The predicted molar refractivity (Wildman–Crippen MR) is 76.3 cm³/mol. The van der Waals surface area contributed by atoms with Crippen LogP contribution in [0.1, 0.15) is 20.3 Å². The minimum Gasteiger partial charge on any atom is -0.488 e. The van der Waals surface area contributed by atoms with Crippen LogP contribution in [-0.4, -0.2) is 24.1 Å². The lowest BCUT2D eigenvalue weighted by molar-refractivity contribution is -0.116. The number of rotatable bonds is 6. The van der Waals surface area contributed by atoms with Gasteiger partial charge in [-0.25, -0.2) is 0 Å². The zero-order valence-electron chi connectivity index (χ0n) is 11.4. The van der Waals surface area contributed by atoms with Gasteiger partial charge >= 0.3 is 0 Å². The lowest BCUT2D eigenvalue weighted by atomic mass is 10.1. The average molecular weight is 260 g/mol. The van der Waals surface area contributed by atoms with Crippen LogP contribution < -0.4 is 4.74 Å². The monoisotopic (exact) mass is 260 g/mol. The van der Waals surface area contributed by atoms with Gasteiger partial charge in [0.25, 0.3) is 0 Å². The van der Waals surface area contributed by atoms with E-state index in [4.69, 9.17) is 9.47 Å². The highest BCUT2D eigenvalue weighted by molar-refractivity contribution is 5.83. The van der Waals surface area contributed by atoms with Crippen LogP contribution in [0.25, 0.3) is 10.8 Å². The third-order valence-electron chi connectivity index (χ3n) is 2.93. The number of fused-ring (bicyclic) bond motifs is 1. The number of aliphatic hydroxyl groups excluding tert-OH is 1. The highest BCUT2D eigenvalue weighted by Crippen LogP contribution is 2.21. The first kappa shape index (κ1) is 13.8. The predicted octanol–water partition coefficient (Wildman–Crippen LogP) is 3.35. The molecule has 0 fully saturated rings. The summed E-state index contributed by atoms with van der Waals surface area (Å²) in [5.41, 5.74) is 0. The minimum absolute atomic E-state index is 0.0950. The highest BCUT2D eigenvalue weighted by atomic mass is 16.6. The Bertz CT molecular complexity index is 524. The van der Waals surface area contributed by atoms with Crippen LogP contribution >= 0.6 is 0 Å². The number of aliphatic hydroxyl groups is 1. The van der Waals surface area contributed by atoms with Crippen molar-refractivity contribution in [2.75, 3.05) is 6.61 Å². The zero-order valence-corrected chi connectivity index (χ0v) is 11.4. The molecule has 2 aromatic rings. The van der Waals surface area contributed by atoms with Crippen LogP contribution in [0, 0.1) is 0 Å². The van der Waals surface area contributed by atoms with Crippen LogP contribution in [0.2, 0.25) is 0 Å². The quantitative estimate of drug-likeness (QED) is 0.809. The van der Waals surface area contributed by atoms with Gasteiger partial charge in [-0.15, -0.1) is 0 Å². The van der Waals surface area contributed by atoms with Gasteiger partial charge in [0.15, 0.2) is 6.29 Å². The summed E-state index contributed by atoms with van der Waals surface area (Å²) in [6, 6.07) is 14.2. The molecule has 0 bridgehead atoms. The molecule has 0 aliphatic heterocycles. The van der Waals surface area contributed by atoms with E-state index in [1.165, 1.54) is 5.39 Å². The lowest BCUT2D eigenvalue weighted by Crippen LogP contribution is -2.23. The molecular formula is C16H20O3. The topological polar surface area (TPSA) is 38.7 Å². The molecule has 0 aliphatic rings. The Kier molecular flexibility index (Phi) is 4.77. The first-order chi connectivity index (χ1) is 9.19. The molecule has 2 rings (SSSR count). The van der Waals surface area contributed by atoms with Gasteiger partial charge < -0.3 is 14.6 Å². The molecule has 3 nitrogen and oxygen atoms in total. The maximum atomic E-state index is 9.34. The molecule has 0 saturated heterocycles. The summed E-state index contributed by atoms with van der Waals surface area (Å²) in [6.45, 7) is 4.18. The SMILES string of the molecule is CCC(O)OCC(C)Oc1ccc2ccccc2c1. The van der Waals surface area contributed by atoms with Crippen molar-refractivity contribution in [3.05, 3.63) is 42.5 Å². The number of ether oxygens (including phenoxy) is 2. The van der Waals surface area contributed by atoms with Gasteiger partial charge in [-0.1, -0.05) is 37.3 Å². The van der Waals surface area contributed by atoms with Crippen molar-refractivity contribution < 1.29 is 14.6 Å². The van der Waals surface area contributed by atoms with Crippen LogP contribution in [0.4, 0.5) is 0 Å². The highest BCUT2D eigenvalue weighted by Gasteiger charge is 2.08. The molecule has 19 heavy (non-hydrogen) atoms. The molecule has 0 amide bonds. The van der Waals surface area contributed by atoms with Crippen LogP contribution in [0.3, 0.4) is 0 Å². The first-order valence-electron chi connectivity index (χ1n) is 6.64. The van der Waals surface area contributed by atoms with Crippen LogP contribution in [-0.2, 0) is 4.74 Å². The molecule has 2 atom stereocenters. The van der Waals surface area contributed by atoms with Crippen molar-refractivity contribution in [3.63, 3.8) is 0 Å². The van der Waals surface area contributed by atoms with E-state index in [-0.39, 0.29) is 6.10 Å². The summed E-state index contributed by atoms with van der Waals surface area (Å²) in [6.07, 6.45) is -0.215. The standard InChI is InChI=1S/C16H20O3/c1-3-16(17)18-11-12(2)19-15-9-8-13-6-4-5-7-14(13)10-15/h4-10,12,16-17H,3,11H2,1-2H3. The van der Waals surface area contributed by atoms with E-state index in [1.54, 1.807) is 0 Å². The number of hydrogen-bond donors (Lipinski definition) is 1. The minimum atomic E-state index is -0.706. The van der Waals surface area contributed by atoms with Gasteiger partial charge in [0, 0.05) is 0 Å². The molecule has 3 heteroatoms. The molecule has 0 spiro atoms. The van der Waals surface area contributed by atoms with Gasteiger partial charge in [0.2, 0.25) is 0 Å². The van der Waals surface area contributed by atoms with Crippen LogP contribution in [0.5, 0.6) is 5.75 Å². The Labute approximate surface area is 113 Å². The third-order valence-corrected chi connectivity index (χ3v) is 2.93. The Hall–Kier alpha value is -1.58. The summed E-state index contributed by atoms with van der Waals surface area (Å²) < 4.78 is 11.0. The molecule has 0 aromatic heterocycles. The van der Waals surface area contributed by atoms with Crippen molar-refractivity contribution in [1.29, 1.82) is 0 Å². The molecule has 0 heterocycles. The van der Waals surface area contributed by atoms with Crippen molar-refractivity contribution in [1.82, 2.24) is 0 Å². The molecule has 1 N–H and O–H groups in total. The second-order valence-corrected chi connectivity index (χ2v) is 4.63. The maximum absolute atomic E-state index is 9.34. The Morgan fingerprint density at radius 2 is 1.84 bits per heavy atom. The van der Waals surface area contributed by atoms with Gasteiger partial charge in [0.1, 0.15) is 11.9 Å². The lowest BCUT2D eigenvalue weighted by Gasteiger charge is -2.17. The zero-order chi connectivity index (χ0) is 13.7. The number of benzene rings is 2. The van der Waals surface area contributed by atoms with Gasteiger partial charge in [-0.3, -0.25) is 0 Å². The van der Waals surface area contributed by atoms with E-state index >= 15 is 0 Å². The molecule has 102 valence electrons. The van der Waals surface area contributed by atoms with E-state index in [1.807, 2.05) is 44.2 Å². The Morgan fingerprint density at radius 1 is 1.11 bits per heavy atom. The second kappa shape index (κ2) is 6.55. The van der Waals surface area contributed by atoms with E-state index in [0.717, 1.165) is 11.1 Å². The maximum Gasteiger partial charge on any atom is 0.154 e. The van der Waals surface area contributed by atoms with Crippen LogP contribution in [0.15, 0.2) is 42.5 Å². The fourth-order valence-electron chi connectivity index (χ4n) is 1.87. The molecule has 0 aliphatic carbocycles. The average Bonchev–Trinajstić information content (AvgIpc) is 2.44. The van der Waals surface area contributed by atoms with E-state index in [9.17, 15) is 5.11 Å². The summed E-state index contributed by atoms with van der Waals surface area (Å²) in [4.78, 5) is 0. The Morgan fingerprint density at radius 3 is 2.58 bits per heavy atom. The number of hydrogen-bond acceptors (Lipinski definition) is 3. The van der Waals surface area contributed by atoms with Crippen molar-refractivity contribution in [3.8, 4) is 5.75 Å². The van der Waals surface area contributed by atoms with Gasteiger partial charge in [-0.2, -0.15) is 0 Å². The fraction of sp³-hybridized carbons (Fsp3) is 0.375. The van der Waals surface area contributed by atoms with Crippen molar-refractivity contribution >= 4 is 10.8 Å². The van der Waals surface area contributed by atoms with E-state index < -0.39 is 6.29 Å². The molecule has 0 radical (unpaired) electrons. The second-order valence-electron chi connectivity index (χ2n) is 4.63. The summed E-state index contributed by atoms with van der Waals surface area (Å²) in [5, 5.41) is 11.7. The third kappa shape index (κ3) is 3.94. The van der Waals surface area contributed by atoms with E-state index in [0.29, 0.717) is 13.0 Å². The smallest absolute Gasteiger partial charge is 0.154 e. The van der Waals surface area contributed by atoms with Crippen molar-refractivity contribution in [2.45, 2.75) is 32.7 Å². The summed E-state index contributed by atoms with van der Waals surface area (Å²) >= 11 is 0. The van der Waals surface area contributed by atoms with E-state index in [2.05, 4.69) is 12.1 Å². The normalized spacial score (nSPS) is 14.3. The fourth-order valence-corrected chi connectivity index (χ4v) is 1.87. The largest absolute Gasteiger partial charge is 0.488 e. The molecule has 0 saturated carbocycles. The summed E-state index contributed by atoms with van der Waals surface area (Å²) in [5.74, 6) is 0.820. The molecule has 2 aromatic carbocycles. The molecule has 2 unspecified atom stereocenters. The summed E-state index contributed by atoms with van der Waals surface area (Å²) in [7, 11) is 0. The molecular weight excluding hydrogens is 240 g/mol. The van der Waals surface area contributed by atoms with Gasteiger partial charge in [-0.05, 0) is 36.2 Å². The van der Waals surface area contributed by atoms with Crippen molar-refractivity contribution in [2.24, 2.45) is 0 Å². The van der Waals surface area contributed by atoms with Gasteiger partial charge in [0.05, 0.1) is 6.61 Å². The first-order valence-corrected chi connectivity index (χ1v) is 6.64. The Balaban J connectivity index is 1.96.